The van der Waals surface area contributed by atoms with Crippen molar-refractivity contribution in [3.63, 3.8) is 0 Å². The normalized spacial score (nSPS) is 12.2. The van der Waals surface area contributed by atoms with E-state index in [0.717, 1.165) is 6.42 Å². The van der Waals surface area contributed by atoms with Gasteiger partial charge in [0.15, 0.2) is 5.78 Å². The molecule has 0 saturated heterocycles. The van der Waals surface area contributed by atoms with E-state index in [4.69, 9.17) is 4.74 Å². The van der Waals surface area contributed by atoms with E-state index < -0.39 is 0 Å². The van der Waals surface area contributed by atoms with Crippen molar-refractivity contribution in [1.82, 2.24) is 0 Å². The zero-order chi connectivity index (χ0) is 10.6. The van der Waals surface area contributed by atoms with E-state index in [9.17, 15) is 4.79 Å². The molecule has 0 bridgehead atoms. The zero-order valence-electron chi connectivity index (χ0n) is 8.91. The Morgan fingerprint density at radius 1 is 1.43 bits per heavy atom. The molecule has 0 saturated carbocycles. The number of carbonyl (C=O) groups is 1. The summed E-state index contributed by atoms with van der Waals surface area (Å²) in [5.74, 6) is 0.883. The molecule has 0 aliphatic heterocycles. The van der Waals surface area contributed by atoms with Gasteiger partial charge in [-0.3, -0.25) is 4.79 Å². The number of rotatable bonds is 4. The van der Waals surface area contributed by atoms with Crippen molar-refractivity contribution >= 4 is 5.78 Å². The molecular formula is C12H16O2. The first-order chi connectivity index (χ1) is 6.70. The lowest BCUT2D eigenvalue weighted by atomic mass is 9.96. The van der Waals surface area contributed by atoms with Crippen LogP contribution in [0.4, 0.5) is 0 Å². The third-order valence-corrected chi connectivity index (χ3v) is 2.43. The Morgan fingerprint density at radius 3 is 2.64 bits per heavy atom. The van der Waals surface area contributed by atoms with Gasteiger partial charge in [0.05, 0.1) is 12.7 Å². The van der Waals surface area contributed by atoms with Crippen molar-refractivity contribution in [2.45, 2.75) is 20.3 Å². The molecule has 0 N–H and O–H groups in total. The summed E-state index contributed by atoms with van der Waals surface area (Å²) in [7, 11) is 1.59. The highest BCUT2D eigenvalue weighted by molar-refractivity contribution is 6.00. The highest BCUT2D eigenvalue weighted by atomic mass is 16.5. The summed E-state index contributed by atoms with van der Waals surface area (Å²) in [5.41, 5.74) is 0.685. The fourth-order valence-electron chi connectivity index (χ4n) is 1.30. The van der Waals surface area contributed by atoms with E-state index in [1.54, 1.807) is 7.11 Å². The minimum atomic E-state index is 0.0614. The third kappa shape index (κ3) is 2.13. The highest BCUT2D eigenvalue weighted by Gasteiger charge is 2.16. The van der Waals surface area contributed by atoms with Crippen LogP contribution >= 0.6 is 0 Å². The molecule has 2 nitrogen and oxygen atoms in total. The van der Waals surface area contributed by atoms with Crippen LogP contribution in [0, 0.1) is 5.92 Å². The molecule has 1 aromatic carbocycles. The molecule has 1 aromatic rings. The zero-order valence-corrected chi connectivity index (χ0v) is 8.91. The van der Waals surface area contributed by atoms with Gasteiger partial charge in [-0.1, -0.05) is 26.0 Å². The fourth-order valence-corrected chi connectivity index (χ4v) is 1.30. The standard InChI is InChI=1S/C12H16O2/c1-4-9(2)12(13)10-7-5-6-8-11(10)14-3/h5-9H,4H2,1-3H3/t9-/m1/s1. The highest BCUT2D eigenvalue weighted by Crippen LogP contribution is 2.21. The average molecular weight is 192 g/mol. The summed E-state index contributed by atoms with van der Waals surface area (Å²) in [5, 5.41) is 0. The Labute approximate surface area is 84.9 Å². The third-order valence-electron chi connectivity index (χ3n) is 2.43. The van der Waals surface area contributed by atoms with Gasteiger partial charge in [-0.15, -0.1) is 0 Å². The number of carbonyl (C=O) groups excluding carboxylic acids is 1. The van der Waals surface area contributed by atoms with Crippen LogP contribution in [0.5, 0.6) is 5.75 Å². The van der Waals surface area contributed by atoms with Crippen molar-refractivity contribution in [3.05, 3.63) is 29.8 Å². The molecule has 14 heavy (non-hydrogen) atoms. The van der Waals surface area contributed by atoms with Gasteiger partial charge in [0.25, 0.3) is 0 Å². The first-order valence-electron chi connectivity index (χ1n) is 4.88. The lowest BCUT2D eigenvalue weighted by molar-refractivity contribution is 0.0924. The van der Waals surface area contributed by atoms with Crippen LogP contribution in [-0.2, 0) is 0 Å². The SMILES string of the molecule is CC[C@@H](C)C(=O)c1ccccc1OC. The first kappa shape index (κ1) is 10.8. The van der Waals surface area contributed by atoms with E-state index >= 15 is 0 Å². The Morgan fingerprint density at radius 2 is 2.07 bits per heavy atom. The van der Waals surface area contributed by atoms with Gasteiger partial charge in [0.2, 0.25) is 0 Å². The van der Waals surface area contributed by atoms with Crippen LogP contribution in [0.2, 0.25) is 0 Å². The van der Waals surface area contributed by atoms with Gasteiger partial charge in [-0.2, -0.15) is 0 Å². The van der Waals surface area contributed by atoms with Crippen molar-refractivity contribution in [1.29, 1.82) is 0 Å². The Kier molecular flexibility index (Phi) is 3.69. The number of ketones is 1. The summed E-state index contributed by atoms with van der Waals surface area (Å²) in [4.78, 5) is 11.9. The van der Waals surface area contributed by atoms with Gasteiger partial charge < -0.3 is 4.74 Å². The summed E-state index contributed by atoms with van der Waals surface area (Å²) in [6.45, 7) is 3.95. The summed E-state index contributed by atoms with van der Waals surface area (Å²) >= 11 is 0. The minimum absolute atomic E-state index is 0.0614. The smallest absolute Gasteiger partial charge is 0.169 e. The van der Waals surface area contributed by atoms with E-state index in [-0.39, 0.29) is 11.7 Å². The molecule has 0 aromatic heterocycles. The maximum atomic E-state index is 11.9. The summed E-state index contributed by atoms with van der Waals surface area (Å²) in [6, 6.07) is 7.35. The molecule has 0 fully saturated rings. The fraction of sp³-hybridized carbons (Fsp3) is 0.417. The molecule has 0 heterocycles. The number of ether oxygens (including phenoxy) is 1. The number of Topliss-reactive ketones (excluding diaryl/α,β-unsaturated/α-hetero) is 1. The average Bonchev–Trinajstić information content (AvgIpc) is 2.26. The van der Waals surface area contributed by atoms with E-state index in [1.807, 2.05) is 38.1 Å². The monoisotopic (exact) mass is 192 g/mol. The molecule has 0 aliphatic rings. The number of methoxy groups -OCH3 is 1. The lowest BCUT2D eigenvalue weighted by Gasteiger charge is -2.10. The predicted molar refractivity (Wildman–Crippen MR) is 56.8 cm³/mol. The van der Waals surface area contributed by atoms with Crippen molar-refractivity contribution < 1.29 is 9.53 Å². The topological polar surface area (TPSA) is 26.3 Å². The van der Waals surface area contributed by atoms with E-state index in [2.05, 4.69) is 0 Å². The number of para-hydroxylation sites is 1. The Hall–Kier alpha value is -1.31. The lowest BCUT2D eigenvalue weighted by Crippen LogP contribution is -2.11. The molecule has 0 spiro atoms. The predicted octanol–water partition coefficient (Wildman–Crippen LogP) is 2.92. The second-order valence-corrected chi connectivity index (χ2v) is 3.37. The maximum Gasteiger partial charge on any atom is 0.169 e. The van der Waals surface area contributed by atoms with Crippen LogP contribution < -0.4 is 4.74 Å². The van der Waals surface area contributed by atoms with Gasteiger partial charge in [0.1, 0.15) is 5.75 Å². The summed E-state index contributed by atoms with van der Waals surface area (Å²) < 4.78 is 5.14. The molecule has 76 valence electrons. The minimum Gasteiger partial charge on any atom is -0.496 e. The molecule has 0 amide bonds. The number of hydrogen-bond acceptors (Lipinski definition) is 2. The molecule has 0 unspecified atom stereocenters. The number of benzene rings is 1. The van der Waals surface area contributed by atoms with Crippen LogP contribution in [0.1, 0.15) is 30.6 Å². The van der Waals surface area contributed by atoms with Gasteiger partial charge in [-0.25, -0.2) is 0 Å². The molecule has 1 rings (SSSR count). The van der Waals surface area contributed by atoms with Crippen molar-refractivity contribution in [2.75, 3.05) is 7.11 Å². The summed E-state index contributed by atoms with van der Waals surface area (Å²) in [6.07, 6.45) is 0.858. The van der Waals surface area contributed by atoms with Gasteiger partial charge in [-0.05, 0) is 18.6 Å². The van der Waals surface area contributed by atoms with Gasteiger partial charge >= 0.3 is 0 Å². The molecule has 0 aliphatic carbocycles. The molecule has 1 atom stereocenters. The molecule has 0 radical (unpaired) electrons. The largest absolute Gasteiger partial charge is 0.496 e. The number of hydrogen-bond donors (Lipinski definition) is 0. The van der Waals surface area contributed by atoms with E-state index in [0.29, 0.717) is 11.3 Å². The van der Waals surface area contributed by atoms with Crippen molar-refractivity contribution in [2.24, 2.45) is 5.92 Å². The van der Waals surface area contributed by atoms with Crippen LogP contribution in [0.25, 0.3) is 0 Å². The van der Waals surface area contributed by atoms with Crippen molar-refractivity contribution in [3.8, 4) is 5.75 Å². The Bertz CT molecular complexity index is 318. The second-order valence-electron chi connectivity index (χ2n) is 3.37. The first-order valence-corrected chi connectivity index (χ1v) is 4.88. The quantitative estimate of drug-likeness (QED) is 0.685. The molecule has 2 heteroatoms. The van der Waals surface area contributed by atoms with E-state index in [1.165, 1.54) is 0 Å². The Balaban J connectivity index is 3.00. The van der Waals surface area contributed by atoms with Crippen LogP contribution in [0.3, 0.4) is 0 Å². The van der Waals surface area contributed by atoms with Gasteiger partial charge in [0, 0.05) is 5.92 Å². The van der Waals surface area contributed by atoms with Crippen LogP contribution in [0.15, 0.2) is 24.3 Å². The second kappa shape index (κ2) is 4.80. The van der Waals surface area contributed by atoms with Crippen LogP contribution in [-0.4, -0.2) is 12.9 Å². The molecular weight excluding hydrogens is 176 g/mol. The maximum absolute atomic E-state index is 11.9.